The van der Waals surface area contributed by atoms with Crippen LogP contribution in [0.15, 0.2) is 18.2 Å². The van der Waals surface area contributed by atoms with Gasteiger partial charge in [-0.05, 0) is 31.4 Å². The van der Waals surface area contributed by atoms with Crippen molar-refractivity contribution >= 4 is 5.91 Å². The average molecular weight is 357 g/mol. The Labute approximate surface area is 146 Å². The standard InChI is InChI=1S/C18H25F2NO4/c1-23-15-10-5-9-14(16(15)25-18(19)20)17(22)21-11-6-12-24-13-7-3-2-4-8-13/h5,9-10,13,18H,2-4,6-8,11-12H2,1H3,(H,21,22). The van der Waals surface area contributed by atoms with E-state index in [9.17, 15) is 13.6 Å². The van der Waals surface area contributed by atoms with E-state index in [1.165, 1.54) is 38.5 Å². The van der Waals surface area contributed by atoms with Gasteiger partial charge in [0.25, 0.3) is 5.91 Å². The molecule has 0 radical (unpaired) electrons. The van der Waals surface area contributed by atoms with Crippen LogP contribution in [0.3, 0.4) is 0 Å². The number of alkyl halides is 2. The van der Waals surface area contributed by atoms with Crippen molar-refractivity contribution in [3.63, 3.8) is 0 Å². The molecule has 1 N–H and O–H groups in total. The highest BCUT2D eigenvalue weighted by Crippen LogP contribution is 2.32. The van der Waals surface area contributed by atoms with Gasteiger partial charge in [-0.1, -0.05) is 25.3 Å². The van der Waals surface area contributed by atoms with E-state index in [1.54, 1.807) is 6.07 Å². The Kier molecular flexibility index (Phi) is 7.91. The van der Waals surface area contributed by atoms with E-state index in [-0.39, 0.29) is 17.1 Å². The molecule has 0 saturated heterocycles. The Balaban J connectivity index is 1.81. The molecule has 1 fully saturated rings. The summed E-state index contributed by atoms with van der Waals surface area (Å²) in [7, 11) is 1.33. The summed E-state index contributed by atoms with van der Waals surface area (Å²) >= 11 is 0. The number of amides is 1. The number of para-hydroxylation sites is 1. The van der Waals surface area contributed by atoms with Gasteiger partial charge >= 0.3 is 6.61 Å². The summed E-state index contributed by atoms with van der Waals surface area (Å²) in [6, 6.07) is 4.44. The molecule has 0 heterocycles. The number of benzene rings is 1. The maximum Gasteiger partial charge on any atom is 0.387 e. The molecule has 0 bridgehead atoms. The van der Waals surface area contributed by atoms with Gasteiger partial charge in [-0.25, -0.2) is 0 Å². The zero-order valence-electron chi connectivity index (χ0n) is 14.4. The maximum atomic E-state index is 12.6. The summed E-state index contributed by atoms with van der Waals surface area (Å²) in [5, 5.41) is 2.70. The summed E-state index contributed by atoms with van der Waals surface area (Å²) in [5.74, 6) is -0.642. The van der Waals surface area contributed by atoms with Crippen LogP contribution in [0, 0.1) is 0 Å². The van der Waals surface area contributed by atoms with Crippen LogP contribution in [0.4, 0.5) is 8.78 Å². The Bertz CT molecular complexity index is 548. The largest absolute Gasteiger partial charge is 0.493 e. The van der Waals surface area contributed by atoms with Gasteiger partial charge in [-0.2, -0.15) is 8.78 Å². The SMILES string of the molecule is COc1cccc(C(=O)NCCCOC2CCCCC2)c1OC(F)F. The van der Waals surface area contributed by atoms with Crippen molar-refractivity contribution in [1.29, 1.82) is 0 Å². The Morgan fingerprint density at radius 2 is 2.04 bits per heavy atom. The minimum atomic E-state index is -3.04. The van der Waals surface area contributed by atoms with E-state index >= 15 is 0 Å². The number of halogens is 2. The highest BCUT2D eigenvalue weighted by Gasteiger charge is 2.20. The minimum absolute atomic E-state index is 0.0212. The van der Waals surface area contributed by atoms with Crippen molar-refractivity contribution < 1.29 is 27.8 Å². The van der Waals surface area contributed by atoms with Gasteiger partial charge in [0.1, 0.15) is 0 Å². The normalized spacial score (nSPS) is 15.2. The van der Waals surface area contributed by atoms with Gasteiger partial charge in [0.05, 0.1) is 18.8 Å². The zero-order chi connectivity index (χ0) is 18.1. The van der Waals surface area contributed by atoms with Crippen LogP contribution in [0.25, 0.3) is 0 Å². The molecule has 0 unspecified atom stereocenters. The predicted octanol–water partition coefficient (Wildman–Crippen LogP) is 3.77. The van der Waals surface area contributed by atoms with Crippen LogP contribution in [-0.4, -0.2) is 38.9 Å². The molecule has 1 amide bonds. The lowest BCUT2D eigenvalue weighted by atomic mass is 9.98. The highest BCUT2D eigenvalue weighted by molar-refractivity contribution is 5.97. The van der Waals surface area contributed by atoms with Crippen molar-refractivity contribution in [1.82, 2.24) is 5.32 Å². The summed E-state index contributed by atoms with van der Waals surface area (Å²) in [5.41, 5.74) is 0.0212. The highest BCUT2D eigenvalue weighted by atomic mass is 19.3. The molecule has 1 aromatic carbocycles. The summed E-state index contributed by atoms with van der Waals surface area (Å²) in [6.45, 7) is -2.06. The van der Waals surface area contributed by atoms with Gasteiger partial charge in [0.2, 0.25) is 0 Å². The summed E-state index contributed by atoms with van der Waals surface area (Å²) in [6.07, 6.45) is 6.90. The third-order valence-electron chi connectivity index (χ3n) is 4.16. The number of carbonyl (C=O) groups is 1. The fraction of sp³-hybridized carbons (Fsp3) is 0.611. The summed E-state index contributed by atoms with van der Waals surface area (Å²) in [4.78, 5) is 12.2. The van der Waals surface area contributed by atoms with Gasteiger partial charge in [-0.15, -0.1) is 0 Å². The number of hydrogen-bond acceptors (Lipinski definition) is 4. The minimum Gasteiger partial charge on any atom is -0.493 e. The van der Waals surface area contributed by atoms with Gasteiger partial charge in [0, 0.05) is 13.2 Å². The van der Waals surface area contributed by atoms with Crippen LogP contribution in [0.2, 0.25) is 0 Å². The van der Waals surface area contributed by atoms with Crippen molar-refractivity contribution in [2.45, 2.75) is 51.2 Å². The lowest BCUT2D eigenvalue weighted by Crippen LogP contribution is -2.27. The second-order valence-corrected chi connectivity index (χ2v) is 5.96. The molecule has 7 heteroatoms. The molecule has 0 atom stereocenters. The molecule has 25 heavy (non-hydrogen) atoms. The van der Waals surface area contributed by atoms with Crippen molar-refractivity contribution in [3.05, 3.63) is 23.8 Å². The van der Waals surface area contributed by atoms with Crippen molar-refractivity contribution in [2.24, 2.45) is 0 Å². The molecule has 0 aromatic heterocycles. The zero-order valence-corrected chi connectivity index (χ0v) is 14.4. The molecule has 1 aromatic rings. The number of hydrogen-bond donors (Lipinski definition) is 1. The van der Waals surface area contributed by atoms with Crippen LogP contribution in [0.5, 0.6) is 11.5 Å². The first-order valence-electron chi connectivity index (χ1n) is 8.63. The first-order valence-corrected chi connectivity index (χ1v) is 8.63. The molecule has 1 saturated carbocycles. The van der Waals surface area contributed by atoms with Crippen molar-refractivity contribution in [3.8, 4) is 11.5 Å². The molecule has 1 aliphatic rings. The first kappa shape index (κ1) is 19.4. The van der Waals surface area contributed by atoms with Gasteiger partial charge < -0.3 is 19.5 Å². The number of rotatable bonds is 9. The molecule has 140 valence electrons. The maximum absolute atomic E-state index is 12.6. The smallest absolute Gasteiger partial charge is 0.387 e. The van der Waals surface area contributed by atoms with Crippen LogP contribution < -0.4 is 14.8 Å². The van der Waals surface area contributed by atoms with E-state index in [4.69, 9.17) is 9.47 Å². The fourth-order valence-electron chi connectivity index (χ4n) is 2.92. The average Bonchev–Trinajstić information content (AvgIpc) is 2.62. The quantitative estimate of drug-likeness (QED) is 0.684. The van der Waals surface area contributed by atoms with Gasteiger partial charge in [0.15, 0.2) is 11.5 Å². The third-order valence-corrected chi connectivity index (χ3v) is 4.16. The van der Waals surface area contributed by atoms with Crippen molar-refractivity contribution in [2.75, 3.05) is 20.3 Å². The fourth-order valence-corrected chi connectivity index (χ4v) is 2.92. The van der Waals surface area contributed by atoms with E-state index in [0.717, 1.165) is 12.8 Å². The number of carbonyl (C=O) groups excluding carboxylic acids is 1. The summed E-state index contributed by atoms with van der Waals surface area (Å²) < 4.78 is 40.4. The van der Waals surface area contributed by atoms with Crippen LogP contribution >= 0.6 is 0 Å². The molecule has 0 aliphatic heterocycles. The van der Waals surface area contributed by atoms with E-state index in [0.29, 0.717) is 25.7 Å². The Morgan fingerprint density at radius 1 is 1.28 bits per heavy atom. The molecular weight excluding hydrogens is 332 g/mol. The van der Waals surface area contributed by atoms with Gasteiger partial charge in [-0.3, -0.25) is 4.79 Å². The molecular formula is C18H25F2NO4. The molecule has 0 spiro atoms. The lowest BCUT2D eigenvalue weighted by molar-refractivity contribution is -0.0515. The third kappa shape index (κ3) is 6.16. The predicted molar refractivity (Wildman–Crippen MR) is 89.4 cm³/mol. The molecule has 5 nitrogen and oxygen atoms in total. The number of nitrogens with one attached hydrogen (secondary N) is 1. The number of methoxy groups -OCH3 is 1. The van der Waals surface area contributed by atoms with E-state index < -0.39 is 12.5 Å². The lowest BCUT2D eigenvalue weighted by Gasteiger charge is -2.22. The topological polar surface area (TPSA) is 56.8 Å². The van der Waals surface area contributed by atoms with E-state index in [1.807, 2.05) is 0 Å². The first-order chi connectivity index (χ1) is 12.1. The second kappa shape index (κ2) is 10.2. The van der Waals surface area contributed by atoms with Crippen LogP contribution in [-0.2, 0) is 4.74 Å². The molecule has 2 rings (SSSR count). The Hall–Kier alpha value is -1.89. The monoisotopic (exact) mass is 357 g/mol. The second-order valence-electron chi connectivity index (χ2n) is 5.96. The number of ether oxygens (including phenoxy) is 3. The van der Waals surface area contributed by atoms with Crippen LogP contribution in [0.1, 0.15) is 48.9 Å². The van der Waals surface area contributed by atoms with E-state index in [2.05, 4.69) is 10.1 Å². The molecule has 1 aliphatic carbocycles. The Morgan fingerprint density at radius 3 is 2.72 bits per heavy atom.